The van der Waals surface area contributed by atoms with Crippen LogP contribution < -0.4 is 5.32 Å². The Labute approximate surface area is 183 Å². The molecule has 0 amide bonds. The minimum Gasteiger partial charge on any atom is -0.480 e. The number of hydrogen-bond acceptors (Lipinski definition) is 7. The molecular formula is C19H20ClFN4O5S. The van der Waals surface area contributed by atoms with Crippen molar-refractivity contribution in [1.29, 1.82) is 0 Å². The molecule has 2 N–H and O–H groups in total. The van der Waals surface area contributed by atoms with Gasteiger partial charge in [0.15, 0.2) is 0 Å². The number of nitrogens with one attached hydrogen (secondary N) is 1. The minimum absolute atomic E-state index is 0.00788. The van der Waals surface area contributed by atoms with Crippen LogP contribution in [-0.4, -0.2) is 65.2 Å². The molecule has 0 saturated carbocycles. The number of hydrogen-bond donors (Lipinski definition) is 2. The van der Waals surface area contributed by atoms with Crippen molar-refractivity contribution in [3.8, 4) is 11.3 Å². The molecule has 3 atom stereocenters. The Morgan fingerprint density at radius 2 is 2.23 bits per heavy atom. The van der Waals surface area contributed by atoms with E-state index in [1.807, 2.05) is 0 Å². The number of rotatable bonds is 5. The molecule has 0 aliphatic carbocycles. The molecule has 3 heterocycles. The molecule has 4 rings (SSSR count). The molecule has 9 nitrogen and oxygen atoms in total. The fourth-order valence-electron chi connectivity index (χ4n) is 3.59. The van der Waals surface area contributed by atoms with Crippen molar-refractivity contribution in [1.82, 2.24) is 14.3 Å². The Kier molecular flexibility index (Phi) is 5.86. The molecule has 1 aromatic heterocycles. The molecule has 2 aromatic rings. The molecule has 166 valence electrons. The van der Waals surface area contributed by atoms with Crippen molar-refractivity contribution in [2.75, 3.05) is 18.5 Å². The van der Waals surface area contributed by atoms with Crippen LogP contribution in [0.3, 0.4) is 0 Å². The van der Waals surface area contributed by atoms with Gasteiger partial charge in [-0.3, -0.25) is 4.79 Å². The molecule has 2 aliphatic heterocycles. The second-order valence-corrected chi connectivity index (χ2v) is 9.67. The van der Waals surface area contributed by atoms with Crippen LogP contribution in [0, 0.1) is 0 Å². The van der Waals surface area contributed by atoms with Crippen molar-refractivity contribution in [3.63, 3.8) is 0 Å². The van der Waals surface area contributed by atoms with Crippen molar-refractivity contribution in [2.45, 2.75) is 43.0 Å². The minimum atomic E-state index is -3.99. The number of aromatic nitrogens is 2. The monoisotopic (exact) mass is 470 g/mol. The molecule has 1 aromatic carbocycles. The second kappa shape index (κ2) is 8.30. The molecule has 2 unspecified atom stereocenters. The Morgan fingerprint density at radius 1 is 1.45 bits per heavy atom. The quantitative estimate of drug-likeness (QED) is 0.682. The van der Waals surface area contributed by atoms with Gasteiger partial charge in [0, 0.05) is 18.7 Å². The zero-order chi connectivity index (χ0) is 22.3. The average molecular weight is 471 g/mol. The zero-order valence-corrected chi connectivity index (χ0v) is 18.0. The van der Waals surface area contributed by atoms with E-state index in [1.165, 1.54) is 19.2 Å². The topological polar surface area (TPSA) is 122 Å². The lowest BCUT2D eigenvalue weighted by Gasteiger charge is -2.26. The Hall–Kier alpha value is -2.34. The lowest BCUT2D eigenvalue weighted by Crippen LogP contribution is -2.39. The number of anilines is 1. The van der Waals surface area contributed by atoms with Crippen molar-refractivity contribution in [2.24, 2.45) is 0 Å². The van der Waals surface area contributed by atoms with Gasteiger partial charge < -0.3 is 15.2 Å². The van der Waals surface area contributed by atoms with E-state index in [1.54, 1.807) is 12.1 Å². The maximum Gasteiger partial charge on any atom is 0.321 e. The molecule has 0 radical (unpaired) electrons. The summed E-state index contributed by atoms with van der Waals surface area (Å²) < 4.78 is 45.9. The Bertz CT molecular complexity index is 1130. The Morgan fingerprint density at radius 3 is 2.94 bits per heavy atom. The van der Waals surface area contributed by atoms with Gasteiger partial charge in [0.25, 0.3) is 0 Å². The van der Waals surface area contributed by atoms with Gasteiger partial charge in [0.05, 0.1) is 34.5 Å². The molecule has 12 heteroatoms. The van der Waals surface area contributed by atoms with Gasteiger partial charge >= 0.3 is 5.97 Å². The summed E-state index contributed by atoms with van der Waals surface area (Å²) in [7, 11) is -3.99. The summed E-state index contributed by atoms with van der Waals surface area (Å²) in [5.74, 6) is -1.07. The van der Waals surface area contributed by atoms with Crippen molar-refractivity contribution in [3.05, 3.63) is 35.0 Å². The van der Waals surface area contributed by atoms with Gasteiger partial charge in [-0.2, -0.15) is 4.31 Å². The third kappa shape index (κ3) is 4.10. The first kappa shape index (κ1) is 21.9. The first-order chi connectivity index (χ1) is 14.7. The summed E-state index contributed by atoms with van der Waals surface area (Å²) in [5, 5.41) is 12.4. The summed E-state index contributed by atoms with van der Waals surface area (Å²) in [6.45, 7) is 1.70. The van der Waals surface area contributed by atoms with Crippen LogP contribution in [0.1, 0.15) is 18.9 Å². The fraction of sp³-hybridized carbons (Fsp3) is 0.421. The van der Waals surface area contributed by atoms with Gasteiger partial charge in [-0.1, -0.05) is 23.7 Å². The van der Waals surface area contributed by atoms with Gasteiger partial charge in [-0.25, -0.2) is 22.8 Å². The number of alkyl halides is 1. The van der Waals surface area contributed by atoms with Crippen LogP contribution >= 0.6 is 11.6 Å². The SMILES string of the molecule is C[C@H](C(=O)O)N1Cc2ccc(-c3nc(NC4CCOCC4F)ncc3Cl)cc2S1(=O)=O. The number of sulfonamides is 1. The van der Waals surface area contributed by atoms with Gasteiger partial charge in [0.2, 0.25) is 16.0 Å². The molecule has 0 bridgehead atoms. The standard InChI is InChI=1S/C19H20ClFN4O5S/c1-10(18(26)27)25-8-12-3-2-11(6-16(12)31(25,28)29)17-13(20)7-22-19(24-17)23-15-4-5-30-9-14(15)21/h2-3,6-7,10,14-15H,4-5,8-9H2,1H3,(H,26,27)(H,22,23,24)/t10-,14?,15?/m1/s1. The summed E-state index contributed by atoms with van der Waals surface area (Å²) in [4.78, 5) is 19.8. The lowest BCUT2D eigenvalue weighted by molar-refractivity contribution is -0.140. The van der Waals surface area contributed by atoms with E-state index in [4.69, 9.17) is 16.3 Å². The van der Waals surface area contributed by atoms with Crippen LogP contribution in [0.15, 0.2) is 29.3 Å². The van der Waals surface area contributed by atoms with Crippen molar-refractivity contribution < 1.29 is 27.4 Å². The largest absolute Gasteiger partial charge is 0.480 e. The van der Waals surface area contributed by atoms with Gasteiger partial charge in [-0.05, 0) is 25.0 Å². The number of nitrogens with zero attached hydrogens (tertiary/aromatic N) is 3. The molecule has 1 saturated heterocycles. The number of carbonyl (C=O) groups is 1. The van der Waals surface area contributed by atoms with Crippen LogP contribution in [0.25, 0.3) is 11.3 Å². The highest BCUT2D eigenvalue weighted by Gasteiger charge is 2.40. The number of fused-ring (bicyclic) bond motifs is 1. The van der Waals surface area contributed by atoms with Gasteiger partial charge in [-0.15, -0.1) is 0 Å². The number of halogens is 2. The van der Waals surface area contributed by atoms with Gasteiger partial charge in [0.1, 0.15) is 12.2 Å². The summed E-state index contributed by atoms with van der Waals surface area (Å²) >= 11 is 6.26. The van der Waals surface area contributed by atoms with Crippen LogP contribution in [-0.2, 0) is 26.1 Å². The fourth-order valence-corrected chi connectivity index (χ4v) is 5.60. The van der Waals surface area contributed by atoms with E-state index in [0.29, 0.717) is 24.2 Å². The summed E-state index contributed by atoms with van der Waals surface area (Å²) in [6.07, 6.45) is 0.611. The second-order valence-electron chi connectivity index (χ2n) is 7.41. The molecule has 31 heavy (non-hydrogen) atoms. The van der Waals surface area contributed by atoms with E-state index in [9.17, 15) is 22.7 Å². The normalized spacial score (nSPS) is 23.8. The maximum absolute atomic E-state index is 14.0. The molecule has 2 aliphatic rings. The first-order valence-corrected chi connectivity index (χ1v) is 11.4. The maximum atomic E-state index is 14.0. The van der Waals surface area contributed by atoms with Crippen LogP contribution in [0.4, 0.5) is 10.3 Å². The number of benzene rings is 1. The predicted molar refractivity (Wildman–Crippen MR) is 110 cm³/mol. The zero-order valence-electron chi connectivity index (χ0n) is 16.5. The average Bonchev–Trinajstić information content (AvgIpc) is 3.00. The summed E-state index contributed by atoms with van der Waals surface area (Å²) in [5.41, 5.74) is 1.19. The van der Waals surface area contributed by atoms with E-state index < -0.39 is 34.2 Å². The number of carboxylic acids is 1. The van der Waals surface area contributed by atoms with Crippen LogP contribution in [0.2, 0.25) is 5.02 Å². The predicted octanol–water partition coefficient (Wildman–Crippen LogP) is 2.31. The number of carboxylic acid groups (broad SMARTS) is 1. The number of ether oxygens (including phenoxy) is 1. The van der Waals surface area contributed by atoms with Crippen molar-refractivity contribution >= 4 is 33.5 Å². The molecular weight excluding hydrogens is 451 g/mol. The third-order valence-corrected chi connectivity index (χ3v) is 7.66. The third-order valence-electron chi connectivity index (χ3n) is 5.39. The lowest BCUT2D eigenvalue weighted by atomic mass is 10.1. The van der Waals surface area contributed by atoms with E-state index in [2.05, 4.69) is 15.3 Å². The highest BCUT2D eigenvalue weighted by Crippen LogP contribution is 2.36. The smallest absolute Gasteiger partial charge is 0.321 e. The van der Waals surface area contributed by atoms with E-state index >= 15 is 0 Å². The molecule has 1 fully saturated rings. The van der Waals surface area contributed by atoms with E-state index in [0.717, 1.165) is 4.31 Å². The van der Waals surface area contributed by atoms with E-state index in [-0.39, 0.29) is 34.7 Å². The highest BCUT2D eigenvalue weighted by atomic mass is 35.5. The summed E-state index contributed by atoms with van der Waals surface area (Å²) in [6, 6.07) is 2.98. The first-order valence-electron chi connectivity index (χ1n) is 9.57. The molecule has 0 spiro atoms. The number of aliphatic carboxylic acids is 1. The van der Waals surface area contributed by atoms with Crippen LogP contribution in [0.5, 0.6) is 0 Å². The highest BCUT2D eigenvalue weighted by molar-refractivity contribution is 7.89. The Balaban J connectivity index is 1.66.